The van der Waals surface area contributed by atoms with Gasteiger partial charge in [-0.3, -0.25) is 0 Å². The number of carbonyl (C=O) groups excluding carboxylic acids is 1. The van der Waals surface area contributed by atoms with Crippen molar-refractivity contribution in [3.8, 4) is 5.75 Å². The fourth-order valence-corrected chi connectivity index (χ4v) is 4.53. The van der Waals surface area contributed by atoms with Crippen molar-refractivity contribution in [2.45, 2.75) is 50.9 Å². The second kappa shape index (κ2) is 5.87. The first-order valence-electron chi connectivity index (χ1n) is 9.35. The highest BCUT2D eigenvalue weighted by molar-refractivity contribution is 5.90. The summed E-state index contributed by atoms with van der Waals surface area (Å²) in [6.45, 7) is 7.47. The third kappa shape index (κ3) is 2.53. The molecule has 26 heavy (non-hydrogen) atoms. The molecule has 0 bridgehead atoms. The number of hydrogen-bond donors (Lipinski definition) is 0. The number of methoxy groups -OCH3 is 1. The van der Waals surface area contributed by atoms with Crippen LogP contribution in [0, 0.1) is 0 Å². The first-order chi connectivity index (χ1) is 12.3. The van der Waals surface area contributed by atoms with Gasteiger partial charge < -0.3 is 9.47 Å². The maximum atomic E-state index is 12.0. The van der Waals surface area contributed by atoms with Gasteiger partial charge in [0.25, 0.3) is 0 Å². The third-order valence-electron chi connectivity index (χ3n) is 6.23. The van der Waals surface area contributed by atoms with E-state index in [1.807, 2.05) is 12.1 Å². The van der Waals surface area contributed by atoms with E-state index in [1.165, 1.54) is 36.6 Å². The van der Waals surface area contributed by atoms with Crippen LogP contribution < -0.4 is 4.74 Å². The topological polar surface area (TPSA) is 35.5 Å². The number of hydrogen-bond acceptors (Lipinski definition) is 3. The van der Waals surface area contributed by atoms with Gasteiger partial charge in [0.15, 0.2) is 0 Å². The van der Waals surface area contributed by atoms with Gasteiger partial charge >= 0.3 is 5.97 Å². The van der Waals surface area contributed by atoms with E-state index < -0.39 is 0 Å². The maximum Gasteiger partial charge on any atom is 0.337 e. The molecule has 0 N–H and O–H groups in total. The zero-order chi connectivity index (χ0) is 18.5. The van der Waals surface area contributed by atoms with E-state index in [0.717, 1.165) is 17.7 Å². The standard InChI is InChI=1S/C23H26O3/c1-22(2)11-5-6-15-12-17(8-9-18(15)22)23(3)14-26-20-10-7-16(13-19(20)23)21(24)25-4/h7-10,12-13H,5-6,11,14H2,1-4H3. The highest BCUT2D eigenvalue weighted by atomic mass is 16.5. The Hall–Kier alpha value is -2.29. The summed E-state index contributed by atoms with van der Waals surface area (Å²) in [6, 6.07) is 12.5. The normalized spacial score (nSPS) is 22.9. The highest BCUT2D eigenvalue weighted by Crippen LogP contribution is 2.45. The summed E-state index contributed by atoms with van der Waals surface area (Å²) in [5, 5.41) is 0. The minimum absolute atomic E-state index is 0.245. The zero-order valence-electron chi connectivity index (χ0n) is 16.0. The summed E-state index contributed by atoms with van der Waals surface area (Å²) in [5.74, 6) is 0.549. The Balaban J connectivity index is 1.79. The lowest BCUT2D eigenvalue weighted by atomic mass is 9.70. The van der Waals surface area contributed by atoms with Crippen LogP contribution in [-0.2, 0) is 22.0 Å². The molecule has 3 nitrogen and oxygen atoms in total. The molecule has 0 saturated heterocycles. The van der Waals surface area contributed by atoms with E-state index in [9.17, 15) is 4.79 Å². The molecule has 1 aliphatic carbocycles. The minimum Gasteiger partial charge on any atom is -0.492 e. The molecule has 0 aromatic heterocycles. The Morgan fingerprint density at radius 2 is 1.88 bits per heavy atom. The molecule has 1 aliphatic heterocycles. The summed E-state index contributed by atoms with van der Waals surface area (Å²) in [4.78, 5) is 12.0. The van der Waals surface area contributed by atoms with Gasteiger partial charge in [-0.05, 0) is 66.5 Å². The molecule has 1 unspecified atom stereocenters. The molecule has 4 rings (SSSR count). The van der Waals surface area contributed by atoms with Crippen molar-refractivity contribution in [1.29, 1.82) is 0 Å². The van der Waals surface area contributed by atoms with E-state index in [2.05, 4.69) is 39.0 Å². The molecule has 2 aliphatic rings. The number of rotatable bonds is 2. The average molecular weight is 350 g/mol. The van der Waals surface area contributed by atoms with Gasteiger partial charge in [-0.2, -0.15) is 0 Å². The van der Waals surface area contributed by atoms with Gasteiger partial charge in [-0.15, -0.1) is 0 Å². The molecule has 2 aromatic rings. The van der Waals surface area contributed by atoms with Crippen LogP contribution in [0.5, 0.6) is 5.75 Å². The molecule has 136 valence electrons. The van der Waals surface area contributed by atoms with Crippen LogP contribution in [0.25, 0.3) is 0 Å². The Labute approximate surface area is 155 Å². The minimum atomic E-state index is -0.311. The number of benzene rings is 2. The van der Waals surface area contributed by atoms with Crippen LogP contribution in [0.1, 0.15) is 66.2 Å². The van der Waals surface area contributed by atoms with Crippen LogP contribution in [0.15, 0.2) is 36.4 Å². The molecule has 0 amide bonds. The van der Waals surface area contributed by atoms with Crippen LogP contribution in [-0.4, -0.2) is 19.7 Å². The van der Waals surface area contributed by atoms with E-state index in [0.29, 0.717) is 12.2 Å². The number of carbonyl (C=O) groups is 1. The number of fused-ring (bicyclic) bond motifs is 2. The Bertz CT molecular complexity index is 881. The van der Waals surface area contributed by atoms with E-state index in [4.69, 9.17) is 9.47 Å². The average Bonchev–Trinajstić information content (AvgIpc) is 2.98. The zero-order valence-corrected chi connectivity index (χ0v) is 16.0. The lowest BCUT2D eigenvalue weighted by Crippen LogP contribution is -2.28. The van der Waals surface area contributed by atoms with E-state index in [1.54, 1.807) is 6.07 Å². The van der Waals surface area contributed by atoms with Crippen LogP contribution >= 0.6 is 0 Å². The van der Waals surface area contributed by atoms with Gasteiger partial charge in [-0.25, -0.2) is 4.79 Å². The van der Waals surface area contributed by atoms with Crippen molar-refractivity contribution >= 4 is 5.97 Å². The molecule has 3 heteroatoms. The van der Waals surface area contributed by atoms with Crippen molar-refractivity contribution < 1.29 is 14.3 Å². The summed E-state index contributed by atoms with van der Waals surface area (Å²) < 4.78 is 10.9. The molecule has 2 aromatic carbocycles. The quantitative estimate of drug-likeness (QED) is 0.731. The third-order valence-corrected chi connectivity index (χ3v) is 6.23. The van der Waals surface area contributed by atoms with Gasteiger partial charge in [-0.1, -0.05) is 32.0 Å². The van der Waals surface area contributed by atoms with Crippen molar-refractivity contribution in [3.63, 3.8) is 0 Å². The second-order valence-electron chi connectivity index (χ2n) is 8.43. The van der Waals surface area contributed by atoms with Crippen molar-refractivity contribution in [2.24, 2.45) is 0 Å². The summed E-state index contributed by atoms with van der Waals surface area (Å²) in [6.07, 6.45) is 3.61. The fraction of sp³-hybridized carbons (Fsp3) is 0.435. The van der Waals surface area contributed by atoms with E-state index >= 15 is 0 Å². The van der Waals surface area contributed by atoms with Gasteiger partial charge in [0.05, 0.1) is 18.1 Å². The largest absolute Gasteiger partial charge is 0.492 e. The van der Waals surface area contributed by atoms with Crippen molar-refractivity contribution in [2.75, 3.05) is 13.7 Å². The fourth-order valence-electron chi connectivity index (χ4n) is 4.53. The first-order valence-corrected chi connectivity index (χ1v) is 9.35. The molecule has 1 atom stereocenters. The maximum absolute atomic E-state index is 12.0. The first kappa shape index (κ1) is 17.1. The second-order valence-corrected chi connectivity index (χ2v) is 8.43. The number of aryl methyl sites for hydroxylation is 1. The predicted molar refractivity (Wildman–Crippen MR) is 102 cm³/mol. The van der Waals surface area contributed by atoms with Crippen molar-refractivity contribution in [3.05, 3.63) is 64.2 Å². The van der Waals surface area contributed by atoms with Crippen LogP contribution in [0.3, 0.4) is 0 Å². The smallest absolute Gasteiger partial charge is 0.337 e. The summed E-state index contributed by atoms with van der Waals surface area (Å²) >= 11 is 0. The predicted octanol–water partition coefficient (Wildman–Crippen LogP) is 4.79. The molecule has 0 radical (unpaired) electrons. The number of ether oxygens (including phenoxy) is 2. The molecule has 0 fully saturated rings. The summed E-state index contributed by atoms with van der Waals surface area (Å²) in [7, 11) is 1.41. The molecular formula is C23H26O3. The van der Waals surface area contributed by atoms with Crippen LogP contribution in [0.2, 0.25) is 0 Å². The monoisotopic (exact) mass is 350 g/mol. The Morgan fingerprint density at radius 1 is 1.08 bits per heavy atom. The molecular weight excluding hydrogens is 324 g/mol. The molecule has 1 heterocycles. The Morgan fingerprint density at radius 3 is 2.65 bits per heavy atom. The summed E-state index contributed by atoms with van der Waals surface area (Å²) in [5.41, 5.74) is 5.81. The molecule has 0 spiro atoms. The Kier molecular flexibility index (Phi) is 3.87. The van der Waals surface area contributed by atoms with Gasteiger partial charge in [0.1, 0.15) is 12.4 Å². The lowest BCUT2D eigenvalue weighted by Gasteiger charge is -2.34. The molecule has 0 saturated carbocycles. The SMILES string of the molecule is COC(=O)c1ccc2c(c1)C(C)(c1ccc3c(c1)CCCC3(C)C)CO2. The highest BCUT2D eigenvalue weighted by Gasteiger charge is 2.39. The number of esters is 1. The van der Waals surface area contributed by atoms with E-state index in [-0.39, 0.29) is 16.8 Å². The van der Waals surface area contributed by atoms with Crippen molar-refractivity contribution in [1.82, 2.24) is 0 Å². The van der Waals surface area contributed by atoms with Gasteiger partial charge in [0, 0.05) is 5.56 Å². The van der Waals surface area contributed by atoms with Crippen LogP contribution in [0.4, 0.5) is 0 Å². The lowest BCUT2D eigenvalue weighted by molar-refractivity contribution is 0.0600. The van der Waals surface area contributed by atoms with Gasteiger partial charge in [0.2, 0.25) is 0 Å².